The van der Waals surface area contributed by atoms with Gasteiger partial charge in [0.2, 0.25) is 10.0 Å². The Morgan fingerprint density at radius 2 is 1.63 bits per heavy atom. The van der Waals surface area contributed by atoms with E-state index in [9.17, 15) is 13.5 Å². The van der Waals surface area contributed by atoms with Crippen LogP contribution >= 0.6 is 23.2 Å². The van der Waals surface area contributed by atoms with Gasteiger partial charge in [-0.05, 0) is 42.5 Å². The lowest BCUT2D eigenvalue weighted by molar-refractivity contribution is 0.107. The van der Waals surface area contributed by atoms with Gasteiger partial charge in [-0.25, -0.2) is 8.42 Å². The number of nitrogens with one attached hydrogen (secondary N) is 3. The minimum Gasteiger partial charge on any atom is -0.491 e. The van der Waals surface area contributed by atoms with E-state index in [0.29, 0.717) is 41.1 Å². The van der Waals surface area contributed by atoms with Gasteiger partial charge in [0.05, 0.1) is 16.3 Å². The van der Waals surface area contributed by atoms with E-state index in [1.165, 1.54) is 0 Å². The van der Waals surface area contributed by atoms with Gasteiger partial charge >= 0.3 is 0 Å². The SMILES string of the molecule is CC.CS(=O)(=O)Nc1ccc(OC[C@@H](O)CNCCNc2ccc(Cl)c(Cl)c2)cc1. The van der Waals surface area contributed by atoms with E-state index >= 15 is 0 Å². The third-order valence-electron chi connectivity index (χ3n) is 3.53. The van der Waals surface area contributed by atoms with Crippen LogP contribution in [0.3, 0.4) is 0 Å². The second-order valence-corrected chi connectivity index (χ2v) is 8.69. The van der Waals surface area contributed by atoms with Crippen LogP contribution < -0.4 is 20.1 Å². The summed E-state index contributed by atoms with van der Waals surface area (Å²) in [5.74, 6) is 0.541. The summed E-state index contributed by atoms with van der Waals surface area (Å²) in [6.45, 7) is 5.78. The number of aliphatic hydroxyl groups excluding tert-OH is 1. The normalized spacial score (nSPS) is 11.8. The monoisotopic (exact) mass is 477 g/mol. The quantitative estimate of drug-likeness (QED) is 0.367. The van der Waals surface area contributed by atoms with Crippen LogP contribution in [0, 0.1) is 0 Å². The molecule has 1 atom stereocenters. The lowest BCUT2D eigenvalue weighted by atomic mass is 10.3. The maximum Gasteiger partial charge on any atom is 0.229 e. The van der Waals surface area contributed by atoms with Crippen molar-refractivity contribution in [2.24, 2.45) is 0 Å². The van der Waals surface area contributed by atoms with Crippen molar-refractivity contribution in [1.29, 1.82) is 0 Å². The van der Waals surface area contributed by atoms with Gasteiger partial charge in [-0.15, -0.1) is 0 Å². The number of aliphatic hydroxyl groups is 1. The number of benzene rings is 2. The zero-order valence-corrected chi connectivity index (χ0v) is 19.6. The minimum absolute atomic E-state index is 0.117. The Bertz CT molecular complexity index is 865. The Balaban J connectivity index is 0.00000218. The van der Waals surface area contributed by atoms with Gasteiger partial charge in [-0.3, -0.25) is 4.72 Å². The van der Waals surface area contributed by atoms with Gasteiger partial charge in [0.1, 0.15) is 18.5 Å². The van der Waals surface area contributed by atoms with Gasteiger partial charge in [0.25, 0.3) is 0 Å². The lowest BCUT2D eigenvalue weighted by Crippen LogP contribution is -2.34. The highest BCUT2D eigenvalue weighted by atomic mass is 35.5. The molecule has 10 heteroatoms. The molecule has 0 aromatic heterocycles. The molecule has 2 rings (SSSR count). The first-order valence-corrected chi connectivity index (χ1v) is 12.2. The van der Waals surface area contributed by atoms with Crippen LogP contribution in [0.1, 0.15) is 13.8 Å². The minimum atomic E-state index is -3.31. The second-order valence-electron chi connectivity index (χ2n) is 6.12. The molecule has 0 unspecified atom stereocenters. The molecule has 0 saturated heterocycles. The van der Waals surface area contributed by atoms with Gasteiger partial charge in [-0.2, -0.15) is 0 Å². The van der Waals surface area contributed by atoms with Crippen molar-refractivity contribution in [1.82, 2.24) is 5.32 Å². The Labute approximate surface area is 188 Å². The molecule has 0 bridgehead atoms. The molecule has 2 aromatic carbocycles. The van der Waals surface area contributed by atoms with Crippen molar-refractivity contribution >= 4 is 44.6 Å². The van der Waals surface area contributed by atoms with Crippen LogP contribution in [-0.2, 0) is 10.0 Å². The molecule has 0 aliphatic heterocycles. The van der Waals surface area contributed by atoms with Gasteiger partial charge < -0.3 is 20.5 Å². The highest BCUT2D eigenvalue weighted by Gasteiger charge is 2.06. The highest BCUT2D eigenvalue weighted by Crippen LogP contribution is 2.24. The average molecular weight is 478 g/mol. The number of rotatable bonds is 11. The number of sulfonamides is 1. The first kappa shape index (κ1) is 26.3. The molecule has 0 heterocycles. The molecule has 0 aliphatic carbocycles. The number of halogens is 2. The fourth-order valence-corrected chi connectivity index (χ4v) is 3.12. The van der Waals surface area contributed by atoms with E-state index in [0.717, 1.165) is 11.9 Å². The summed E-state index contributed by atoms with van der Waals surface area (Å²) in [5, 5.41) is 17.3. The zero-order valence-electron chi connectivity index (χ0n) is 17.3. The van der Waals surface area contributed by atoms with Crippen molar-refractivity contribution in [3.8, 4) is 5.75 Å². The molecular formula is C20H29Cl2N3O4S. The van der Waals surface area contributed by atoms with E-state index in [4.69, 9.17) is 27.9 Å². The zero-order chi connectivity index (χ0) is 22.6. The second kappa shape index (κ2) is 13.6. The predicted molar refractivity (Wildman–Crippen MR) is 126 cm³/mol. The van der Waals surface area contributed by atoms with Crippen molar-refractivity contribution in [3.05, 3.63) is 52.5 Å². The largest absolute Gasteiger partial charge is 0.491 e. The summed E-state index contributed by atoms with van der Waals surface area (Å²) >= 11 is 11.8. The van der Waals surface area contributed by atoms with Crippen LogP contribution in [0.5, 0.6) is 5.75 Å². The van der Waals surface area contributed by atoms with Crippen LogP contribution in [0.4, 0.5) is 11.4 Å². The van der Waals surface area contributed by atoms with E-state index in [1.54, 1.807) is 36.4 Å². The lowest BCUT2D eigenvalue weighted by Gasteiger charge is -2.14. The third kappa shape index (κ3) is 10.9. The third-order valence-corrected chi connectivity index (χ3v) is 4.88. The molecule has 0 saturated carbocycles. The summed E-state index contributed by atoms with van der Waals surface area (Å²) < 4.78 is 30.2. The van der Waals surface area contributed by atoms with Crippen molar-refractivity contribution < 1.29 is 18.3 Å². The first-order valence-electron chi connectivity index (χ1n) is 9.51. The standard InChI is InChI=1S/C18H23Cl2N3O4S.C2H6/c1-28(25,26)23-13-2-5-16(6-3-13)27-12-15(24)11-21-8-9-22-14-4-7-17(19)18(20)10-14;1-2/h2-7,10,15,21-24H,8-9,11-12H2,1H3;1-2H3/t15-;/m0./s1. The summed E-state index contributed by atoms with van der Waals surface area (Å²) in [7, 11) is -3.31. The Morgan fingerprint density at radius 1 is 1.00 bits per heavy atom. The molecule has 0 spiro atoms. The first-order chi connectivity index (χ1) is 14.2. The molecule has 0 radical (unpaired) electrons. The number of hydrogen-bond donors (Lipinski definition) is 4. The summed E-state index contributed by atoms with van der Waals surface area (Å²) in [4.78, 5) is 0. The van der Waals surface area contributed by atoms with Crippen molar-refractivity contribution in [3.63, 3.8) is 0 Å². The summed E-state index contributed by atoms with van der Waals surface area (Å²) in [6.07, 6.45) is 0.403. The Hall–Kier alpha value is -1.71. The van der Waals surface area contributed by atoms with Gasteiger partial charge in [0.15, 0.2) is 0 Å². The number of hydrogen-bond acceptors (Lipinski definition) is 6. The molecule has 2 aromatic rings. The Morgan fingerprint density at radius 3 is 2.23 bits per heavy atom. The highest BCUT2D eigenvalue weighted by molar-refractivity contribution is 7.92. The number of ether oxygens (including phenoxy) is 1. The summed E-state index contributed by atoms with van der Waals surface area (Å²) in [5.41, 5.74) is 1.32. The molecule has 0 amide bonds. The van der Waals surface area contributed by atoms with E-state index in [-0.39, 0.29) is 6.61 Å². The molecule has 0 fully saturated rings. The van der Waals surface area contributed by atoms with Crippen molar-refractivity contribution in [2.45, 2.75) is 20.0 Å². The fraction of sp³-hybridized carbons (Fsp3) is 0.400. The average Bonchev–Trinajstić information content (AvgIpc) is 2.70. The van der Waals surface area contributed by atoms with Crippen LogP contribution in [0.15, 0.2) is 42.5 Å². The van der Waals surface area contributed by atoms with Gasteiger partial charge in [0, 0.05) is 31.0 Å². The van der Waals surface area contributed by atoms with E-state index < -0.39 is 16.1 Å². The van der Waals surface area contributed by atoms with Crippen LogP contribution in [-0.4, -0.2) is 52.1 Å². The van der Waals surface area contributed by atoms with E-state index in [1.807, 2.05) is 19.9 Å². The van der Waals surface area contributed by atoms with Crippen LogP contribution in [0.25, 0.3) is 0 Å². The maximum absolute atomic E-state index is 11.2. The molecule has 168 valence electrons. The molecule has 0 aliphatic rings. The van der Waals surface area contributed by atoms with Crippen molar-refractivity contribution in [2.75, 3.05) is 42.5 Å². The number of anilines is 2. The fourth-order valence-electron chi connectivity index (χ4n) is 2.25. The molecule has 4 N–H and O–H groups in total. The predicted octanol–water partition coefficient (Wildman–Crippen LogP) is 3.83. The molecular weight excluding hydrogens is 449 g/mol. The molecule has 7 nitrogen and oxygen atoms in total. The Kier molecular flexibility index (Phi) is 11.9. The topological polar surface area (TPSA) is 99.7 Å². The smallest absolute Gasteiger partial charge is 0.229 e. The maximum atomic E-state index is 11.2. The van der Waals surface area contributed by atoms with Gasteiger partial charge in [-0.1, -0.05) is 37.0 Å². The summed E-state index contributed by atoms with van der Waals surface area (Å²) in [6, 6.07) is 11.8. The molecule has 30 heavy (non-hydrogen) atoms. The van der Waals surface area contributed by atoms with Crippen LogP contribution in [0.2, 0.25) is 10.0 Å². The van der Waals surface area contributed by atoms with E-state index in [2.05, 4.69) is 15.4 Å².